The van der Waals surface area contributed by atoms with Crippen molar-refractivity contribution < 1.29 is 33.7 Å². The molecule has 0 saturated carbocycles. The maximum absolute atomic E-state index is 11.9. The van der Waals surface area contributed by atoms with E-state index in [1.807, 2.05) is 57.7 Å². The first-order chi connectivity index (χ1) is 19.0. The molecule has 0 bridgehead atoms. The highest BCUT2D eigenvalue weighted by Gasteiger charge is 2.39. The molecular weight excluding hydrogens is 514 g/mol. The van der Waals surface area contributed by atoms with Crippen LogP contribution < -0.4 is 4.90 Å². The van der Waals surface area contributed by atoms with Crippen molar-refractivity contribution in [1.29, 1.82) is 0 Å². The number of para-hydroxylation sites is 1. The van der Waals surface area contributed by atoms with E-state index < -0.39 is 11.4 Å². The number of piperazine rings is 1. The molecule has 0 aliphatic carbocycles. The Bertz CT molecular complexity index is 905. The number of carbonyl (C=O) groups excluding carboxylic acids is 2. The molecule has 3 fully saturated rings. The number of ether oxygens (including phenoxy) is 3. The second-order valence-electron chi connectivity index (χ2n) is 10.2. The van der Waals surface area contributed by atoms with Gasteiger partial charge in [-0.15, -0.1) is 25.7 Å². The van der Waals surface area contributed by atoms with Gasteiger partial charge < -0.3 is 34.0 Å². The first-order valence-corrected chi connectivity index (χ1v) is 13.1. The minimum Gasteiger partial charge on any atom is -0.483 e. The second-order valence-corrected chi connectivity index (χ2v) is 10.2. The third-order valence-corrected chi connectivity index (χ3v) is 5.75. The van der Waals surface area contributed by atoms with Gasteiger partial charge in [-0.1, -0.05) is 18.2 Å². The van der Waals surface area contributed by atoms with Crippen molar-refractivity contribution >= 4 is 24.2 Å². The summed E-state index contributed by atoms with van der Waals surface area (Å²) in [5.74, 6) is -0.506. The van der Waals surface area contributed by atoms with E-state index in [-0.39, 0.29) is 24.6 Å². The zero-order valence-corrected chi connectivity index (χ0v) is 24.5. The van der Waals surface area contributed by atoms with Gasteiger partial charge in [0.05, 0.1) is 6.61 Å². The largest absolute Gasteiger partial charge is 0.483 e. The van der Waals surface area contributed by atoms with Crippen LogP contribution in [0.4, 0.5) is 10.5 Å². The summed E-state index contributed by atoms with van der Waals surface area (Å²) >= 11 is 0. The maximum atomic E-state index is 11.9. The smallest absolute Gasteiger partial charge is 0.410 e. The number of benzene rings is 1. The number of hydrogen-bond acceptors (Lipinski definition) is 7. The van der Waals surface area contributed by atoms with E-state index in [1.165, 1.54) is 5.69 Å². The molecule has 0 radical (unpaired) electrons. The highest BCUT2D eigenvalue weighted by molar-refractivity contribution is 5.81. The SMILES string of the molecule is C#C.C#C.CC(C)(C)OC(=O)N1CCN(c2ccccc2)CC1.CC1(C)OC[C@H](C(=O)N2CCCC2)O1.O=CO. The summed E-state index contributed by atoms with van der Waals surface area (Å²) in [6.07, 6.45) is 17.6. The molecule has 10 nitrogen and oxygen atoms in total. The Labute approximate surface area is 239 Å². The molecule has 1 aromatic rings. The van der Waals surface area contributed by atoms with Gasteiger partial charge in [0.25, 0.3) is 12.4 Å². The van der Waals surface area contributed by atoms with Crippen molar-refractivity contribution in [3.8, 4) is 25.7 Å². The summed E-state index contributed by atoms with van der Waals surface area (Å²) in [7, 11) is 0. The number of carbonyl (C=O) groups is 3. The highest BCUT2D eigenvalue weighted by Crippen LogP contribution is 2.24. The summed E-state index contributed by atoms with van der Waals surface area (Å²) in [4.78, 5) is 38.1. The molecule has 1 aromatic carbocycles. The molecule has 10 heteroatoms. The molecule has 222 valence electrons. The van der Waals surface area contributed by atoms with E-state index in [9.17, 15) is 9.59 Å². The molecule has 3 aliphatic rings. The Balaban J connectivity index is 0.000000638. The van der Waals surface area contributed by atoms with Crippen LogP contribution in [-0.2, 0) is 23.8 Å². The van der Waals surface area contributed by atoms with Crippen LogP contribution in [0, 0.1) is 25.7 Å². The van der Waals surface area contributed by atoms with Crippen molar-refractivity contribution in [3.05, 3.63) is 30.3 Å². The fraction of sp³-hybridized carbons (Fsp3) is 0.567. The summed E-state index contributed by atoms with van der Waals surface area (Å²) < 4.78 is 16.3. The number of likely N-dealkylation sites (tertiary alicyclic amines) is 1. The molecular formula is C30H45N3O7. The van der Waals surface area contributed by atoms with Gasteiger partial charge >= 0.3 is 6.09 Å². The Morgan fingerprint density at radius 2 is 1.45 bits per heavy atom. The van der Waals surface area contributed by atoms with E-state index in [4.69, 9.17) is 24.1 Å². The highest BCUT2D eigenvalue weighted by atomic mass is 16.7. The lowest BCUT2D eigenvalue weighted by atomic mass is 10.2. The third kappa shape index (κ3) is 13.4. The Hall–Kier alpha value is -3.73. The van der Waals surface area contributed by atoms with Crippen LogP contribution in [0.2, 0.25) is 0 Å². The molecule has 0 spiro atoms. The van der Waals surface area contributed by atoms with Gasteiger partial charge in [0.15, 0.2) is 11.9 Å². The molecule has 0 unspecified atom stereocenters. The van der Waals surface area contributed by atoms with Crippen molar-refractivity contribution in [2.45, 2.75) is 65.0 Å². The Kier molecular flexibility index (Phi) is 16.8. The lowest BCUT2D eigenvalue weighted by molar-refractivity contribution is -0.159. The van der Waals surface area contributed by atoms with Crippen LogP contribution >= 0.6 is 0 Å². The van der Waals surface area contributed by atoms with Crippen molar-refractivity contribution in [2.24, 2.45) is 0 Å². The van der Waals surface area contributed by atoms with Crippen molar-refractivity contribution in [2.75, 3.05) is 50.8 Å². The Morgan fingerprint density at radius 3 is 1.88 bits per heavy atom. The molecule has 3 saturated heterocycles. The predicted octanol–water partition coefficient (Wildman–Crippen LogP) is 3.70. The third-order valence-electron chi connectivity index (χ3n) is 5.75. The molecule has 40 heavy (non-hydrogen) atoms. The summed E-state index contributed by atoms with van der Waals surface area (Å²) in [6, 6.07) is 10.3. The van der Waals surface area contributed by atoms with E-state index >= 15 is 0 Å². The normalized spacial score (nSPS) is 19.0. The molecule has 1 atom stereocenters. The van der Waals surface area contributed by atoms with Gasteiger partial charge in [0, 0.05) is 45.0 Å². The molecule has 3 heterocycles. The van der Waals surface area contributed by atoms with Crippen LogP contribution in [0.5, 0.6) is 0 Å². The van der Waals surface area contributed by atoms with E-state index in [2.05, 4.69) is 42.7 Å². The number of anilines is 1. The van der Waals surface area contributed by atoms with Gasteiger partial charge in [-0.3, -0.25) is 9.59 Å². The van der Waals surface area contributed by atoms with Crippen LogP contribution in [0.25, 0.3) is 0 Å². The average molecular weight is 560 g/mol. The monoisotopic (exact) mass is 559 g/mol. The zero-order valence-electron chi connectivity index (χ0n) is 24.5. The van der Waals surface area contributed by atoms with Crippen molar-refractivity contribution in [3.63, 3.8) is 0 Å². The van der Waals surface area contributed by atoms with Crippen LogP contribution in [-0.4, -0.2) is 96.7 Å². The van der Waals surface area contributed by atoms with Crippen molar-refractivity contribution in [1.82, 2.24) is 9.80 Å². The molecule has 2 amide bonds. The summed E-state index contributed by atoms with van der Waals surface area (Å²) in [5, 5.41) is 6.89. The maximum Gasteiger partial charge on any atom is 0.410 e. The number of terminal acetylenes is 2. The Morgan fingerprint density at radius 1 is 0.950 bits per heavy atom. The first-order valence-electron chi connectivity index (χ1n) is 13.1. The molecule has 3 aliphatic heterocycles. The minimum absolute atomic E-state index is 0.0908. The van der Waals surface area contributed by atoms with Gasteiger partial charge in [0.1, 0.15) is 5.60 Å². The molecule has 0 aromatic heterocycles. The van der Waals surface area contributed by atoms with Crippen LogP contribution in [0.15, 0.2) is 30.3 Å². The number of hydrogen-bond donors (Lipinski definition) is 1. The van der Waals surface area contributed by atoms with Gasteiger partial charge in [0.2, 0.25) is 0 Å². The van der Waals surface area contributed by atoms with Crippen LogP contribution in [0.3, 0.4) is 0 Å². The number of amides is 2. The standard InChI is InChI=1S/C15H22N2O2.C10H17NO3.2C2H2.CH2O2/c1-15(2,3)19-14(18)17-11-9-16(10-12-17)13-7-5-4-6-8-13;1-10(2)13-7-8(14-10)9(12)11-5-3-4-6-11;2*1-2;2-1-3/h4-8H,9-12H2,1-3H3;8H,3-7H2,1-2H3;2*1-2H;1H,(H,2,3)/t;8-;;;/m.1.../s1. The summed E-state index contributed by atoms with van der Waals surface area (Å²) in [5.41, 5.74) is 0.791. The topological polar surface area (TPSA) is 109 Å². The van der Waals surface area contributed by atoms with Gasteiger partial charge in [-0.05, 0) is 59.6 Å². The average Bonchev–Trinajstić information content (AvgIpc) is 3.61. The van der Waals surface area contributed by atoms with Crippen LogP contribution in [0.1, 0.15) is 47.5 Å². The first kappa shape index (κ1) is 36.3. The fourth-order valence-electron chi connectivity index (χ4n) is 4.06. The quantitative estimate of drug-likeness (QED) is 0.432. The fourth-order valence-corrected chi connectivity index (χ4v) is 4.06. The summed E-state index contributed by atoms with van der Waals surface area (Å²) in [6.45, 7) is 14.4. The van der Waals surface area contributed by atoms with E-state index in [0.29, 0.717) is 19.7 Å². The second kappa shape index (κ2) is 18.5. The minimum atomic E-state index is -0.597. The predicted molar refractivity (Wildman–Crippen MR) is 156 cm³/mol. The van der Waals surface area contributed by atoms with E-state index in [0.717, 1.165) is 39.0 Å². The lowest BCUT2D eigenvalue weighted by Crippen LogP contribution is -2.50. The molecule has 1 N–H and O–H groups in total. The van der Waals surface area contributed by atoms with E-state index in [1.54, 1.807) is 4.90 Å². The van der Waals surface area contributed by atoms with Gasteiger partial charge in [-0.2, -0.15) is 0 Å². The lowest BCUT2D eigenvalue weighted by Gasteiger charge is -2.36. The number of carboxylic acid groups (broad SMARTS) is 1. The number of rotatable bonds is 2. The molecule has 4 rings (SSSR count). The zero-order chi connectivity index (χ0) is 30.8. The number of nitrogens with zero attached hydrogens (tertiary/aromatic N) is 3. The van der Waals surface area contributed by atoms with Gasteiger partial charge in [-0.25, -0.2) is 4.79 Å².